The highest BCUT2D eigenvalue weighted by Crippen LogP contribution is 2.29. The molecule has 0 unspecified atom stereocenters. The molecule has 2 N–H and O–H groups in total. The maximum atomic E-state index is 12.1. The van der Waals surface area contributed by atoms with Crippen LogP contribution in [0.3, 0.4) is 0 Å². The topological polar surface area (TPSA) is 95.9 Å². The molecule has 0 spiro atoms. The SMILES string of the molecule is CCCN(CC1CC1)C(=O)N[C@@H](CC(=O)OC)C(=O)O. The average Bonchev–Trinajstić information content (AvgIpc) is 3.20. The quantitative estimate of drug-likeness (QED) is 0.644. The number of nitrogens with one attached hydrogen (secondary N) is 1. The van der Waals surface area contributed by atoms with Crippen LogP contribution in [-0.4, -0.2) is 54.2 Å². The van der Waals surface area contributed by atoms with E-state index in [2.05, 4.69) is 10.1 Å². The van der Waals surface area contributed by atoms with Crippen molar-refractivity contribution in [3.05, 3.63) is 0 Å². The zero-order valence-electron chi connectivity index (χ0n) is 11.9. The number of rotatable bonds is 8. The number of nitrogens with zero attached hydrogens (tertiary/aromatic N) is 1. The molecule has 7 heteroatoms. The Kier molecular flexibility index (Phi) is 6.27. The van der Waals surface area contributed by atoms with Crippen LogP contribution < -0.4 is 5.32 Å². The number of hydrogen-bond acceptors (Lipinski definition) is 4. The number of carbonyl (C=O) groups is 3. The van der Waals surface area contributed by atoms with Crippen molar-refractivity contribution < 1.29 is 24.2 Å². The van der Waals surface area contributed by atoms with Crippen LogP contribution in [0.2, 0.25) is 0 Å². The second kappa shape index (κ2) is 7.72. The Morgan fingerprint density at radius 2 is 2.05 bits per heavy atom. The Labute approximate surface area is 118 Å². The van der Waals surface area contributed by atoms with Crippen LogP contribution in [0.1, 0.15) is 32.6 Å². The van der Waals surface area contributed by atoms with E-state index in [4.69, 9.17) is 5.11 Å². The standard InChI is InChI=1S/C13H22N2O5/c1-3-6-15(8-9-4-5-9)13(19)14-10(12(17)18)7-11(16)20-2/h9-10H,3-8H2,1-2H3,(H,14,19)(H,17,18)/t10-/m0/s1. The molecule has 0 radical (unpaired) electrons. The first-order valence-electron chi connectivity index (χ1n) is 6.83. The van der Waals surface area contributed by atoms with E-state index >= 15 is 0 Å². The van der Waals surface area contributed by atoms with Gasteiger partial charge in [-0.1, -0.05) is 6.92 Å². The van der Waals surface area contributed by atoms with E-state index in [1.54, 1.807) is 4.90 Å². The predicted molar refractivity (Wildman–Crippen MR) is 71.2 cm³/mol. The van der Waals surface area contributed by atoms with Gasteiger partial charge in [0.15, 0.2) is 0 Å². The summed E-state index contributed by atoms with van der Waals surface area (Å²) in [5.41, 5.74) is 0. The van der Waals surface area contributed by atoms with Crippen molar-refractivity contribution in [2.45, 2.75) is 38.6 Å². The summed E-state index contributed by atoms with van der Waals surface area (Å²) in [4.78, 5) is 35.9. The van der Waals surface area contributed by atoms with Crippen molar-refractivity contribution in [3.8, 4) is 0 Å². The number of carbonyl (C=O) groups excluding carboxylic acids is 2. The summed E-state index contributed by atoms with van der Waals surface area (Å²) >= 11 is 0. The lowest BCUT2D eigenvalue weighted by molar-refractivity contribution is -0.147. The third-order valence-electron chi connectivity index (χ3n) is 3.15. The van der Waals surface area contributed by atoms with Crippen LogP contribution in [0.15, 0.2) is 0 Å². The van der Waals surface area contributed by atoms with Gasteiger partial charge < -0.3 is 20.1 Å². The maximum Gasteiger partial charge on any atom is 0.326 e. The van der Waals surface area contributed by atoms with E-state index in [-0.39, 0.29) is 6.42 Å². The van der Waals surface area contributed by atoms with Crippen molar-refractivity contribution >= 4 is 18.0 Å². The van der Waals surface area contributed by atoms with E-state index in [9.17, 15) is 14.4 Å². The summed E-state index contributed by atoms with van der Waals surface area (Å²) in [6, 6.07) is -1.69. The largest absolute Gasteiger partial charge is 0.480 e. The molecule has 0 aromatic carbocycles. The molecular weight excluding hydrogens is 264 g/mol. The number of carboxylic acids is 1. The van der Waals surface area contributed by atoms with Crippen molar-refractivity contribution in [2.75, 3.05) is 20.2 Å². The molecule has 20 heavy (non-hydrogen) atoms. The number of ether oxygens (including phenoxy) is 1. The summed E-state index contributed by atoms with van der Waals surface area (Å²) in [7, 11) is 1.18. The summed E-state index contributed by atoms with van der Waals surface area (Å²) in [6.07, 6.45) is 2.64. The van der Waals surface area contributed by atoms with Gasteiger partial charge in [-0.2, -0.15) is 0 Å². The zero-order chi connectivity index (χ0) is 15.1. The number of carboxylic acid groups (broad SMARTS) is 1. The fourth-order valence-corrected chi connectivity index (χ4v) is 1.85. The highest BCUT2D eigenvalue weighted by Gasteiger charge is 2.29. The second-order valence-electron chi connectivity index (χ2n) is 5.01. The highest BCUT2D eigenvalue weighted by molar-refractivity contribution is 5.86. The second-order valence-corrected chi connectivity index (χ2v) is 5.01. The van der Waals surface area contributed by atoms with E-state index in [1.165, 1.54) is 7.11 Å². The van der Waals surface area contributed by atoms with E-state index < -0.39 is 24.0 Å². The Bertz CT molecular complexity index is 368. The molecule has 0 saturated heterocycles. The van der Waals surface area contributed by atoms with Crippen LogP contribution >= 0.6 is 0 Å². The minimum Gasteiger partial charge on any atom is -0.480 e. The number of urea groups is 1. The number of amides is 2. The summed E-state index contributed by atoms with van der Waals surface area (Å²) < 4.78 is 4.43. The molecule has 1 saturated carbocycles. The fraction of sp³-hybridized carbons (Fsp3) is 0.769. The molecule has 1 aliphatic carbocycles. The molecular formula is C13H22N2O5. The Morgan fingerprint density at radius 1 is 1.40 bits per heavy atom. The Morgan fingerprint density at radius 3 is 2.50 bits per heavy atom. The first-order chi connectivity index (χ1) is 9.47. The molecule has 1 fully saturated rings. The minimum absolute atomic E-state index is 0.374. The van der Waals surface area contributed by atoms with Crippen LogP contribution in [-0.2, 0) is 14.3 Å². The van der Waals surface area contributed by atoms with E-state index in [0.29, 0.717) is 19.0 Å². The molecule has 114 valence electrons. The normalized spacial score (nSPS) is 15.3. The van der Waals surface area contributed by atoms with Gasteiger partial charge in [-0.05, 0) is 25.2 Å². The molecule has 2 amide bonds. The first-order valence-corrected chi connectivity index (χ1v) is 6.83. The van der Waals surface area contributed by atoms with Gasteiger partial charge >= 0.3 is 18.0 Å². The molecule has 0 bridgehead atoms. The van der Waals surface area contributed by atoms with Crippen molar-refractivity contribution in [2.24, 2.45) is 5.92 Å². The van der Waals surface area contributed by atoms with Gasteiger partial charge in [0, 0.05) is 13.1 Å². The van der Waals surface area contributed by atoms with Gasteiger partial charge in [-0.3, -0.25) is 4.79 Å². The number of esters is 1. The lowest BCUT2D eigenvalue weighted by Gasteiger charge is -2.24. The monoisotopic (exact) mass is 286 g/mol. The maximum absolute atomic E-state index is 12.1. The van der Waals surface area contributed by atoms with Gasteiger partial charge in [0.2, 0.25) is 0 Å². The molecule has 7 nitrogen and oxygen atoms in total. The lowest BCUT2D eigenvalue weighted by atomic mass is 10.2. The molecule has 0 aromatic heterocycles. The first kappa shape index (κ1) is 16.3. The predicted octanol–water partition coefficient (Wildman–Crippen LogP) is 0.834. The third-order valence-corrected chi connectivity index (χ3v) is 3.15. The molecule has 1 rings (SSSR count). The Balaban J connectivity index is 2.56. The number of methoxy groups -OCH3 is 1. The van der Waals surface area contributed by atoms with Crippen molar-refractivity contribution in [3.63, 3.8) is 0 Å². The lowest BCUT2D eigenvalue weighted by Crippen LogP contribution is -2.49. The molecule has 0 aliphatic heterocycles. The van der Waals surface area contributed by atoms with Gasteiger partial charge in [0.25, 0.3) is 0 Å². The smallest absolute Gasteiger partial charge is 0.326 e. The summed E-state index contributed by atoms with van der Waals surface area (Å²) in [5.74, 6) is -1.38. The summed E-state index contributed by atoms with van der Waals surface area (Å²) in [5, 5.41) is 11.4. The van der Waals surface area contributed by atoms with E-state index in [1.807, 2.05) is 6.92 Å². The molecule has 0 aromatic rings. The van der Waals surface area contributed by atoms with Gasteiger partial charge in [-0.15, -0.1) is 0 Å². The fourth-order valence-electron chi connectivity index (χ4n) is 1.85. The van der Waals surface area contributed by atoms with Crippen molar-refractivity contribution in [1.29, 1.82) is 0 Å². The Hall–Kier alpha value is -1.79. The molecule has 1 aliphatic rings. The van der Waals surface area contributed by atoms with Crippen LogP contribution in [0.5, 0.6) is 0 Å². The van der Waals surface area contributed by atoms with E-state index in [0.717, 1.165) is 19.3 Å². The van der Waals surface area contributed by atoms with Crippen molar-refractivity contribution in [1.82, 2.24) is 10.2 Å². The number of hydrogen-bond donors (Lipinski definition) is 2. The molecule has 0 heterocycles. The van der Waals surface area contributed by atoms with Gasteiger partial charge in [0.05, 0.1) is 13.5 Å². The minimum atomic E-state index is -1.26. The number of aliphatic carboxylic acids is 1. The van der Waals surface area contributed by atoms with Gasteiger partial charge in [0.1, 0.15) is 6.04 Å². The molecule has 1 atom stereocenters. The van der Waals surface area contributed by atoms with Crippen LogP contribution in [0.4, 0.5) is 4.79 Å². The zero-order valence-corrected chi connectivity index (χ0v) is 11.9. The average molecular weight is 286 g/mol. The third kappa shape index (κ3) is 5.46. The summed E-state index contributed by atoms with van der Waals surface area (Å²) in [6.45, 7) is 3.17. The van der Waals surface area contributed by atoms with Crippen LogP contribution in [0, 0.1) is 5.92 Å². The van der Waals surface area contributed by atoms with Gasteiger partial charge in [-0.25, -0.2) is 9.59 Å². The highest BCUT2D eigenvalue weighted by atomic mass is 16.5. The van der Waals surface area contributed by atoms with Crippen LogP contribution in [0.25, 0.3) is 0 Å².